The van der Waals surface area contributed by atoms with Gasteiger partial charge in [-0.3, -0.25) is 15.0 Å². The molecule has 2 amide bonds. The Kier molecular flexibility index (Phi) is 9.78. The first-order valence-corrected chi connectivity index (χ1v) is 14.5. The number of hydrogen-bond donors (Lipinski definition) is 5. The largest absolute Gasteiger partial charge is 0.481 e. The lowest BCUT2D eigenvalue weighted by molar-refractivity contribution is 0.0189. The highest BCUT2D eigenvalue weighted by Crippen LogP contribution is 2.31. The summed E-state index contributed by atoms with van der Waals surface area (Å²) < 4.78 is 33.4. The SMILES string of the molecule is CCC(C)(C)C(O)NC(=O)c1ccc(-c2ccc(OC)nc2C(=O)Nc2cnc(C(=N)N)nc2)c(C(=O)OS(C)(=O)=O)c1. The minimum absolute atomic E-state index is 0.00289. The fraction of sp³-hybridized carbons (Fsp3) is 0.296. The molecule has 2 aromatic heterocycles. The molecule has 15 nitrogen and oxygen atoms in total. The number of nitrogens with two attached hydrogens (primary N) is 1. The third kappa shape index (κ3) is 8.08. The van der Waals surface area contributed by atoms with Crippen LogP contribution in [0.25, 0.3) is 11.1 Å². The highest BCUT2D eigenvalue weighted by Gasteiger charge is 2.29. The van der Waals surface area contributed by atoms with Crippen molar-refractivity contribution in [2.45, 2.75) is 33.4 Å². The molecule has 0 saturated heterocycles. The van der Waals surface area contributed by atoms with Gasteiger partial charge in [0.25, 0.3) is 11.8 Å². The minimum atomic E-state index is -4.28. The number of methoxy groups -OCH3 is 1. The molecule has 0 aliphatic rings. The Morgan fingerprint density at radius 2 is 1.72 bits per heavy atom. The van der Waals surface area contributed by atoms with E-state index < -0.39 is 39.5 Å². The van der Waals surface area contributed by atoms with E-state index in [1.54, 1.807) is 13.8 Å². The summed E-state index contributed by atoms with van der Waals surface area (Å²) in [6, 6.07) is 6.55. The normalized spacial score (nSPS) is 12.1. The van der Waals surface area contributed by atoms with E-state index in [4.69, 9.17) is 15.9 Å². The van der Waals surface area contributed by atoms with Gasteiger partial charge >= 0.3 is 16.1 Å². The number of carbonyl (C=O) groups excluding carboxylic acids is 3. The van der Waals surface area contributed by atoms with E-state index in [-0.39, 0.29) is 51.2 Å². The minimum Gasteiger partial charge on any atom is -0.481 e. The predicted molar refractivity (Wildman–Crippen MR) is 155 cm³/mol. The molecule has 228 valence electrons. The second kappa shape index (κ2) is 12.9. The number of ether oxygens (including phenoxy) is 1. The van der Waals surface area contributed by atoms with Crippen molar-refractivity contribution in [1.82, 2.24) is 20.3 Å². The van der Waals surface area contributed by atoms with Crippen molar-refractivity contribution in [3.63, 3.8) is 0 Å². The molecule has 2 heterocycles. The zero-order valence-electron chi connectivity index (χ0n) is 24.0. The predicted octanol–water partition coefficient (Wildman–Crippen LogP) is 1.68. The zero-order chi connectivity index (χ0) is 32.1. The molecule has 3 rings (SSSR count). The lowest BCUT2D eigenvalue weighted by atomic mass is 9.88. The summed E-state index contributed by atoms with van der Waals surface area (Å²) in [5.74, 6) is -3.24. The summed E-state index contributed by atoms with van der Waals surface area (Å²) in [4.78, 5) is 51.4. The van der Waals surface area contributed by atoms with Gasteiger partial charge in [0.15, 0.2) is 11.7 Å². The molecule has 0 spiro atoms. The Balaban J connectivity index is 2.12. The molecule has 0 aliphatic carbocycles. The summed E-state index contributed by atoms with van der Waals surface area (Å²) >= 11 is 0. The number of nitrogens with one attached hydrogen (secondary N) is 3. The van der Waals surface area contributed by atoms with E-state index in [1.165, 1.54) is 43.8 Å². The molecule has 0 bridgehead atoms. The van der Waals surface area contributed by atoms with E-state index >= 15 is 0 Å². The molecular weight excluding hydrogens is 582 g/mol. The Morgan fingerprint density at radius 3 is 2.28 bits per heavy atom. The van der Waals surface area contributed by atoms with Gasteiger partial charge in [-0.05, 0) is 30.2 Å². The van der Waals surface area contributed by atoms with Crippen LogP contribution in [-0.4, -0.2) is 71.7 Å². The van der Waals surface area contributed by atoms with Crippen LogP contribution in [-0.2, 0) is 14.3 Å². The third-order valence-corrected chi connectivity index (χ3v) is 6.84. The summed E-state index contributed by atoms with van der Waals surface area (Å²) in [6.45, 7) is 5.35. The Hall–Kier alpha value is -4.96. The van der Waals surface area contributed by atoms with Crippen LogP contribution in [0.3, 0.4) is 0 Å². The van der Waals surface area contributed by atoms with Crippen LogP contribution in [0.2, 0.25) is 0 Å². The molecule has 0 aliphatic heterocycles. The number of amidine groups is 1. The average molecular weight is 614 g/mol. The van der Waals surface area contributed by atoms with Crippen molar-refractivity contribution < 1.29 is 36.8 Å². The zero-order valence-corrected chi connectivity index (χ0v) is 24.8. The Bertz CT molecular complexity index is 1680. The number of carbonyl (C=O) groups is 3. The number of aromatic nitrogens is 3. The van der Waals surface area contributed by atoms with Gasteiger partial charge in [-0.25, -0.2) is 19.7 Å². The molecule has 0 fully saturated rings. The van der Waals surface area contributed by atoms with E-state index in [1.807, 2.05) is 6.92 Å². The first kappa shape index (κ1) is 32.6. The van der Waals surface area contributed by atoms with Crippen molar-refractivity contribution in [2.24, 2.45) is 11.1 Å². The van der Waals surface area contributed by atoms with Crippen molar-refractivity contribution in [2.75, 3.05) is 18.7 Å². The first-order valence-electron chi connectivity index (χ1n) is 12.7. The van der Waals surface area contributed by atoms with Crippen LogP contribution < -0.4 is 21.1 Å². The summed E-state index contributed by atoms with van der Waals surface area (Å²) in [7, 11) is -2.95. The molecule has 0 saturated carbocycles. The molecule has 43 heavy (non-hydrogen) atoms. The summed E-state index contributed by atoms with van der Waals surface area (Å²) in [5, 5.41) is 22.9. The number of rotatable bonds is 11. The van der Waals surface area contributed by atoms with Gasteiger partial charge in [-0.15, -0.1) is 0 Å². The standard InChI is InChI=1S/C27H31N7O8S/c1-6-27(2,3)26(38)34-23(35)14-7-8-16(18(11-14)25(37)42-43(5,39)40)17-9-10-19(41-4)33-20(17)24(36)32-15-12-30-22(21(28)29)31-13-15/h7-13,26,38H,6H2,1-5H3,(H3,28,29)(H,32,36)(H,34,35). The topological polar surface area (TPSA) is 237 Å². The average Bonchev–Trinajstić information content (AvgIpc) is 2.95. The number of nitrogens with zero attached hydrogens (tertiary/aromatic N) is 3. The molecule has 6 N–H and O–H groups in total. The van der Waals surface area contributed by atoms with E-state index in [0.717, 1.165) is 6.07 Å². The van der Waals surface area contributed by atoms with Crippen LogP contribution in [0.5, 0.6) is 5.88 Å². The second-order valence-corrected chi connectivity index (χ2v) is 11.5. The van der Waals surface area contributed by atoms with Gasteiger partial charge in [0.2, 0.25) is 5.88 Å². The van der Waals surface area contributed by atoms with Gasteiger partial charge in [0.1, 0.15) is 11.9 Å². The number of pyridine rings is 1. The number of aliphatic hydroxyl groups excluding tert-OH is 1. The lowest BCUT2D eigenvalue weighted by Crippen LogP contribution is -2.44. The van der Waals surface area contributed by atoms with Crippen molar-refractivity contribution in [3.05, 3.63) is 65.4 Å². The van der Waals surface area contributed by atoms with Crippen LogP contribution in [0.1, 0.15) is 64.2 Å². The second-order valence-electron chi connectivity index (χ2n) is 9.97. The fourth-order valence-electron chi connectivity index (χ4n) is 3.54. The smallest absolute Gasteiger partial charge is 0.354 e. The quantitative estimate of drug-likeness (QED) is 0.0899. The Morgan fingerprint density at radius 1 is 1.09 bits per heavy atom. The maximum atomic E-state index is 13.4. The molecule has 1 unspecified atom stereocenters. The highest BCUT2D eigenvalue weighted by molar-refractivity contribution is 7.86. The lowest BCUT2D eigenvalue weighted by Gasteiger charge is -2.29. The third-order valence-electron chi connectivity index (χ3n) is 6.38. The number of nitrogen functional groups attached to an aromatic ring is 1. The van der Waals surface area contributed by atoms with Crippen LogP contribution in [0, 0.1) is 10.8 Å². The van der Waals surface area contributed by atoms with Crippen molar-refractivity contribution in [1.29, 1.82) is 5.41 Å². The summed E-state index contributed by atoms with van der Waals surface area (Å²) in [6.07, 6.45) is 2.43. The summed E-state index contributed by atoms with van der Waals surface area (Å²) in [5.41, 5.74) is 4.16. The van der Waals surface area contributed by atoms with E-state index in [9.17, 15) is 27.9 Å². The van der Waals surface area contributed by atoms with Crippen LogP contribution >= 0.6 is 0 Å². The monoisotopic (exact) mass is 613 g/mol. The number of hydrogen-bond acceptors (Lipinski definition) is 12. The first-order chi connectivity index (χ1) is 20.1. The van der Waals surface area contributed by atoms with Crippen molar-refractivity contribution in [3.8, 4) is 17.0 Å². The van der Waals surface area contributed by atoms with Gasteiger partial charge in [-0.1, -0.05) is 26.8 Å². The maximum Gasteiger partial charge on any atom is 0.354 e. The molecule has 16 heteroatoms. The van der Waals surface area contributed by atoms with E-state index in [0.29, 0.717) is 12.7 Å². The van der Waals surface area contributed by atoms with Crippen LogP contribution in [0.4, 0.5) is 5.69 Å². The maximum absolute atomic E-state index is 13.4. The highest BCUT2D eigenvalue weighted by atomic mass is 32.2. The molecule has 0 radical (unpaired) electrons. The molecule has 1 aromatic carbocycles. The number of benzene rings is 1. The number of amides is 2. The molecule has 3 aromatic rings. The van der Waals surface area contributed by atoms with E-state index in [2.05, 4.69) is 29.8 Å². The number of anilines is 1. The van der Waals surface area contributed by atoms with Gasteiger partial charge < -0.3 is 30.4 Å². The fourth-order valence-corrected chi connectivity index (χ4v) is 3.90. The van der Waals surface area contributed by atoms with Crippen molar-refractivity contribution >= 4 is 39.4 Å². The van der Waals surface area contributed by atoms with Gasteiger partial charge in [-0.2, -0.15) is 8.42 Å². The van der Waals surface area contributed by atoms with Gasteiger partial charge in [0, 0.05) is 22.6 Å². The molecular formula is C27H31N7O8S. The number of aliphatic hydroxyl groups is 1. The van der Waals surface area contributed by atoms with Gasteiger partial charge in [0.05, 0.1) is 37.0 Å². The molecule has 1 atom stereocenters. The Labute approximate surface area is 247 Å². The van der Waals surface area contributed by atoms with Crippen LogP contribution in [0.15, 0.2) is 42.7 Å².